The zero-order chi connectivity index (χ0) is 12.8. The number of aromatic amines is 1. The molecule has 96 valence electrons. The van der Waals surface area contributed by atoms with Crippen LogP contribution in [0.15, 0.2) is 24.4 Å². The van der Waals surface area contributed by atoms with Gasteiger partial charge in [-0.3, -0.25) is 10.1 Å². The molecule has 0 aromatic carbocycles. The second-order valence-electron chi connectivity index (χ2n) is 3.50. The molecule has 0 spiro atoms. The van der Waals surface area contributed by atoms with Gasteiger partial charge in [0, 0.05) is 19.4 Å². The van der Waals surface area contributed by atoms with Crippen molar-refractivity contribution in [1.29, 1.82) is 0 Å². The molecule has 2 heterocycles. The van der Waals surface area contributed by atoms with E-state index in [9.17, 15) is 0 Å². The minimum absolute atomic E-state index is 0.509. The van der Waals surface area contributed by atoms with Crippen LogP contribution in [-0.4, -0.2) is 33.4 Å². The Morgan fingerprint density at radius 3 is 2.61 bits per heavy atom. The van der Waals surface area contributed by atoms with E-state index in [2.05, 4.69) is 20.2 Å². The number of nitrogens with one attached hydrogen (secondary N) is 1. The highest BCUT2D eigenvalue weighted by molar-refractivity contribution is 5.47. The fourth-order valence-corrected chi connectivity index (χ4v) is 1.50. The molecule has 0 amide bonds. The van der Waals surface area contributed by atoms with Gasteiger partial charge in [0.2, 0.25) is 6.29 Å². The first-order valence-corrected chi connectivity index (χ1v) is 5.92. The Morgan fingerprint density at radius 1 is 1.22 bits per heavy atom. The first kappa shape index (κ1) is 12.7. The predicted molar refractivity (Wildman–Crippen MR) is 65.6 cm³/mol. The molecule has 6 nitrogen and oxygen atoms in total. The molecular formula is C12H16N4O2. The largest absolute Gasteiger partial charge is 0.346 e. The van der Waals surface area contributed by atoms with Gasteiger partial charge in [0.05, 0.1) is 0 Å². The number of pyridine rings is 1. The Hall–Kier alpha value is -1.79. The van der Waals surface area contributed by atoms with E-state index in [4.69, 9.17) is 9.47 Å². The highest BCUT2D eigenvalue weighted by Gasteiger charge is 2.17. The number of hydrogen-bond donors (Lipinski definition) is 1. The van der Waals surface area contributed by atoms with E-state index in [-0.39, 0.29) is 0 Å². The zero-order valence-electron chi connectivity index (χ0n) is 10.5. The van der Waals surface area contributed by atoms with Gasteiger partial charge in [-0.1, -0.05) is 6.07 Å². The van der Waals surface area contributed by atoms with Crippen LogP contribution in [0.3, 0.4) is 0 Å². The molecule has 0 aliphatic rings. The molecule has 0 unspecified atom stereocenters. The van der Waals surface area contributed by atoms with Gasteiger partial charge >= 0.3 is 0 Å². The monoisotopic (exact) mass is 248 g/mol. The molecule has 2 rings (SSSR count). The predicted octanol–water partition coefficient (Wildman–Crippen LogP) is 1.94. The average molecular weight is 248 g/mol. The highest BCUT2D eigenvalue weighted by Crippen LogP contribution is 2.18. The maximum absolute atomic E-state index is 5.44. The zero-order valence-corrected chi connectivity index (χ0v) is 10.5. The molecule has 2 aromatic rings. The second kappa shape index (κ2) is 6.23. The summed E-state index contributed by atoms with van der Waals surface area (Å²) in [7, 11) is 0. The third-order valence-electron chi connectivity index (χ3n) is 2.26. The van der Waals surface area contributed by atoms with E-state index in [1.165, 1.54) is 0 Å². The Labute approximate surface area is 105 Å². The van der Waals surface area contributed by atoms with Crippen molar-refractivity contribution in [3.8, 4) is 11.5 Å². The van der Waals surface area contributed by atoms with Gasteiger partial charge in [0.25, 0.3) is 0 Å². The summed E-state index contributed by atoms with van der Waals surface area (Å²) in [6.07, 6.45) is 1.19. The van der Waals surface area contributed by atoms with Crippen molar-refractivity contribution in [2.24, 2.45) is 0 Å². The van der Waals surface area contributed by atoms with Crippen molar-refractivity contribution < 1.29 is 9.47 Å². The molecule has 0 fully saturated rings. The van der Waals surface area contributed by atoms with E-state index in [0.717, 1.165) is 0 Å². The maximum Gasteiger partial charge on any atom is 0.218 e. The van der Waals surface area contributed by atoms with Crippen molar-refractivity contribution in [3.05, 3.63) is 30.2 Å². The molecule has 0 saturated heterocycles. The molecule has 1 N–H and O–H groups in total. The third kappa shape index (κ3) is 2.91. The maximum atomic E-state index is 5.44. The Bertz CT molecular complexity index is 466. The molecule has 0 aliphatic heterocycles. The Kier molecular flexibility index (Phi) is 4.38. The fraction of sp³-hybridized carbons (Fsp3) is 0.417. The van der Waals surface area contributed by atoms with Crippen LogP contribution < -0.4 is 0 Å². The summed E-state index contributed by atoms with van der Waals surface area (Å²) in [4.78, 5) is 8.53. The number of hydrogen-bond acceptors (Lipinski definition) is 5. The lowest BCUT2D eigenvalue weighted by molar-refractivity contribution is -0.145. The lowest BCUT2D eigenvalue weighted by Crippen LogP contribution is -2.10. The topological polar surface area (TPSA) is 72.9 Å². The van der Waals surface area contributed by atoms with Crippen LogP contribution in [0.1, 0.15) is 26.0 Å². The van der Waals surface area contributed by atoms with E-state index in [1.54, 1.807) is 6.20 Å². The SMILES string of the molecule is CCOC(OCC)c1nc(-c2ccccn2)n[nH]1. The van der Waals surface area contributed by atoms with Crippen molar-refractivity contribution >= 4 is 0 Å². The molecule has 0 saturated carbocycles. The molecule has 0 aliphatic carbocycles. The van der Waals surface area contributed by atoms with E-state index < -0.39 is 6.29 Å². The van der Waals surface area contributed by atoms with Crippen LogP contribution in [0.25, 0.3) is 11.5 Å². The van der Waals surface area contributed by atoms with E-state index >= 15 is 0 Å². The number of aromatic nitrogens is 4. The summed E-state index contributed by atoms with van der Waals surface area (Å²) in [5.41, 5.74) is 0.715. The number of nitrogens with zero attached hydrogens (tertiary/aromatic N) is 3. The van der Waals surface area contributed by atoms with Crippen molar-refractivity contribution in [2.75, 3.05) is 13.2 Å². The summed E-state index contributed by atoms with van der Waals surface area (Å²) in [5, 5.41) is 6.94. The Morgan fingerprint density at radius 2 is 2.00 bits per heavy atom. The van der Waals surface area contributed by atoms with Gasteiger partial charge in [-0.05, 0) is 26.0 Å². The van der Waals surface area contributed by atoms with Crippen LogP contribution in [0.2, 0.25) is 0 Å². The summed E-state index contributed by atoms with van der Waals surface area (Å²) in [5.74, 6) is 1.09. The highest BCUT2D eigenvalue weighted by atomic mass is 16.7. The smallest absolute Gasteiger partial charge is 0.218 e. The minimum Gasteiger partial charge on any atom is -0.346 e. The number of ether oxygens (including phenoxy) is 2. The third-order valence-corrected chi connectivity index (χ3v) is 2.26. The van der Waals surface area contributed by atoms with E-state index in [0.29, 0.717) is 30.6 Å². The number of rotatable bonds is 6. The standard InChI is InChI=1S/C12H16N4O2/c1-3-17-12(18-4-2)11-14-10(15-16-11)9-7-5-6-8-13-9/h5-8,12H,3-4H2,1-2H3,(H,14,15,16). The first-order chi connectivity index (χ1) is 8.85. The number of H-pyrrole nitrogens is 1. The lowest BCUT2D eigenvalue weighted by atomic mass is 10.3. The molecule has 0 bridgehead atoms. The summed E-state index contributed by atoms with van der Waals surface area (Å²) in [6.45, 7) is 4.90. The molecule has 6 heteroatoms. The van der Waals surface area contributed by atoms with Gasteiger partial charge in [0.15, 0.2) is 11.6 Å². The minimum atomic E-state index is -0.509. The second-order valence-corrected chi connectivity index (χ2v) is 3.50. The van der Waals surface area contributed by atoms with Crippen LogP contribution in [0.4, 0.5) is 0 Å². The Balaban J connectivity index is 2.18. The lowest BCUT2D eigenvalue weighted by Gasteiger charge is -2.13. The van der Waals surface area contributed by atoms with Crippen molar-refractivity contribution in [1.82, 2.24) is 20.2 Å². The van der Waals surface area contributed by atoms with Crippen molar-refractivity contribution in [3.63, 3.8) is 0 Å². The summed E-state index contributed by atoms with van der Waals surface area (Å²) >= 11 is 0. The summed E-state index contributed by atoms with van der Waals surface area (Å²) < 4.78 is 10.9. The molecule has 18 heavy (non-hydrogen) atoms. The molecule has 0 radical (unpaired) electrons. The average Bonchev–Trinajstić information content (AvgIpc) is 2.89. The summed E-state index contributed by atoms with van der Waals surface area (Å²) in [6, 6.07) is 5.59. The quantitative estimate of drug-likeness (QED) is 0.791. The van der Waals surface area contributed by atoms with Gasteiger partial charge in [-0.2, -0.15) is 5.10 Å². The fourth-order valence-electron chi connectivity index (χ4n) is 1.50. The van der Waals surface area contributed by atoms with Gasteiger partial charge in [0.1, 0.15) is 5.69 Å². The van der Waals surface area contributed by atoms with Crippen LogP contribution in [0.5, 0.6) is 0 Å². The normalized spacial score (nSPS) is 11.1. The van der Waals surface area contributed by atoms with Crippen LogP contribution >= 0.6 is 0 Å². The molecular weight excluding hydrogens is 232 g/mol. The van der Waals surface area contributed by atoms with Crippen LogP contribution in [-0.2, 0) is 9.47 Å². The van der Waals surface area contributed by atoms with Crippen molar-refractivity contribution in [2.45, 2.75) is 20.1 Å². The van der Waals surface area contributed by atoms with Gasteiger partial charge in [-0.15, -0.1) is 0 Å². The first-order valence-electron chi connectivity index (χ1n) is 5.92. The molecule has 2 aromatic heterocycles. The van der Waals surface area contributed by atoms with Gasteiger partial charge in [-0.25, -0.2) is 4.98 Å². The van der Waals surface area contributed by atoms with E-state index in [1.807, 2.05) is 32.0 Å². The molecule has 0 atom stereocenters. The van der Waals surface area contributed by atoms with Crippen LogP contribution in [0, 0.1) is 0 Å². The van der Waals surface area contributed by atoms with Gasteiger partial charge < -0.3 is 9.47 Å².